The third kappa shape index (κ3) is 2.55. The molecule has 0 saturated carbocycles. The van der Waals surface area contributed by atoms with Gasteiger partial charge in [-0.3, -0.25) is 14.9 Å². The Kier molecular flexibility index (Phi) is 3.57. The number of amides is 1. The summed E-state index contributed by atoms with van der Waals surface area (Å²) in [5.41, 5.74) is 0.288. The standard InChI is InChI=1S/C10H9IN2O4/c11-7-1-2-8(9(5-7)13(15)16)12-3-4-17-6-10(12)14/h1-2,5H,3-4,6H2. The van der Waals surface area contributed by atoms with Gasteiger partial charge >= 0.3 is 0 Å². The number of anilines is 1. The van der Waals surface area contributed by atoms with Crippen LogP contribution < -0.4 is 4.90 Å². The Morgan fingerprint density at radius 1 is 1.47 bits per heavy atom. The number of ether oxygens (including phenoxy) is 1. The topological polar surface area (TPSA) is 72.7 Å². The van der Waals surface area contributed by atoms with Gasteiger partial charge in [-0.15, -0.1) is 0 Å². The van der Waals surface area contributed by atoms with Crippen molar-refractivity contribution in [2.45, 2.75) is 0 Å². The Balaban J connectivity index is 2.43. The number of nitro benzene ring substituents is 1. The second-order valence-corrected chi connectivity index (χ2v) is 4.73. The number of carbonyl (C=O) groups is 1. The lowest BCUT2D eigenvalue weighted by molar-refractivity contribution is -0.384. The summed E-state index contributed by atoms with van der Waals surface area (Å²) in [7, 11) is 0. The first kappa shape index (κ1) is 12.2. The lowest BCUT2D eigenvalue weighted by Gasteiger charge is -2.26. The van der Waals surface area contributed by atoms with Crippen molar-refractivity contribution in [2.75, 3.05) is 24.7 Å². The second kappa shape index (κ2) is 4.96. The van der Waals surface area contributed by atoms with Crippen LogP contribution in [0.3, 0.4) is 0 Å². The average Bonchev–Trinajstić information content (AvgIpc) is 2.30. The molecule has 7 heteroatoms. The Bertz CT molecular complexity index is 477. The van der Waals surface area contributed by atoms with E-state index in [0.717, 1.165) is 3.57 Å². The third-order valence-corrected chi connectivity index (χ3v) is 3.08. The van der Waals surface area contributed by atoms with Crippen molar-refractivity contribution in [3.05, 3.63) is 31.9 Å². The fourth-order valence-corrected chi connectivity index (χ4v) is 2.12. The van der Waals surface area contributed by atoms with Crippen molar-refractivity contribution in [3.8, 4) is 0 Å². The van der Waals surface area contributed by atoms with E-state index in [-0.39, 0.29) is 18.2 Å². The molecule has 1 aliphatic heterocycles. The van der Waals surface area contributed by atoms with E-state index in [2.05, 4.69) is 0 Å². The number of hydrogen-bond donors (Lipinski definition) is 0. The van der Waals surface area contributed by atoms with Gasteiger partial charge < -0.3 is 9.64 Å². The van der Waals surface area contributed by atoms with Gasteiger partial charge in [-0.25, -0.2) is 0 Å². The van der Waals surface area contributed by atoms with E-state index in [9.17, 15) is 14.9 Å². The number of benzene rings is 1. The van der Waals surface area contributed by atoms with Gasteiger partial charge in [-0.05, 0) is 34.7 Å². The van der Waals surface area contributed by atoms with Crippen molar-refractivity contribution in [2.24, 2.45) is 0 Å². The maximum atomic E-state index is 11.6. The SMILES string of the molecule is O=C1COCCN1c1ccc(I)cc1[N+](=O)[O-]. The number of halogens is 1. The van der Waals surface area contributed by atoms with Crippen LogP contribution in [0, 0.1) is 13.7 Å². The highest BCUT2D eigenvalue weighted by Crippen LogP contribution is 2.30. The Morgan fingerprint density at radius 2 is 2.24 bits per heavy atom. The molecule has 6 nitrogen and oxygen atoms in total. The first-order valence-corrected chi connectivity index (χ1v) is 5.99. The molecule has 0 spiro atoms. The van der Waals surface area contributed by atoms with Crippen LogP contribution >= 0.6 is 22.6 Å². The lowest BCUT2D eigenvalue weighted by atomic mass is 10.2. The van der Waals surface area contributed by atoms with Crippen LogP contribution in [0.4, 0.5) is 11.4 Å². The number of nitro groups is 1. The summed E-state index contributed by atoms with van der Waals surface area (Å²) in [6, 6.07) is 4.80. The monoisotopic (exact) mass is 348 g/mol. The van der Waals surface area contributed by atoms with Crippen LogP contribution in [0.1, 0.15) is 0 Å². The van der Waals surface area contributed by atoms with Crippen LogP contribution in [-0.2, 0) is 9.53 Å². The molecule has 0 unspecified atom stereocenters. The van der Waals surface area contributed by atoms with E-state index < -0.39 is 4.92 Å². The quantitative estimate of drug-likeness (QED) is 0.462. The Morgan fingerprint density at radius 3 is 2.88 bits per heavy atom. The van der Waals surface area contributed by atoms with E-state index in [1.807, 2.05) is 22.6 Å². The largest absolute Gasteiger partial charge is 0.370 e. The molecule has 0 N–H and O–H groups in total. The van der Waals surface area contributed by atoms with E-state index in [1.54, 1.807) is 12.1 Å². The average molecular weight is 348 g/mol. The van der Waals surface area contributed by atoms with Gasteiger partial charge in [0.15, 0.2) is 0 Å². The van der Waals surface area contributed by atoms with E-state index in [0.29, 0.717) is 18.8 Å². The first-order valence-electron chi connectivity index (χ1n) is 4.91. The predicted octanol–water partition coefficient (Wildman–Crippen LogP) is 1.56. The predicted molar refractivity (Wildman–Crippen MR) is 69.0 cm³/mol. The fourth-order valence-electron chi connectivity index (χ4n) is 1.64. The molecule has 90 valence electrons. The van der Waals surface area contributed by atoms with Crippen LogP contribution in [0.2, 0.25) is 0 Å². The van der Waals surface area contributed by atoms with Crippen molar-refractivity contribution in [3.63, 3.8) is 0 Å². The molecule has 1 saturated heterocycles. The normalized spacial score (nSPS) is 16.1. The van der Waals surface area contributed by atoms with Gasteiger partial charge in [-0.1, -0.05) is 0 Å². The maximum absolute atomic E-state index is 11.6. The third-order valence-electron chi connectivity index (χ3n) is 2.41. The smallest absolute Gasteiger partial charge is 0.294 e. The Labute approximate surface area is 111 Å². The molecule has 1 aliphatic rings. The summed E-state index contributed by atoms with van der Waals surface area (Å²) in [5, 5.41) is 11.0. The highest BCUT2D eigenvalue weighted by Gasteiger charge is 2.26. The summed E-state index contributed by atoms with van der Waals surface area (Å²) < 4.78 is 5.76. The van der Waals surface area contributed by atoms with Gasteiger partial charge in [0.05, 0.1) is 11.5 Å². The first-order chi connectivity index (χ1) is 8.09. The summed E-state index contributed by atoms with van der Waals surface area (Å²) in [6.45, 7) is 0.721. The zero-order valence-electron chi connectivity index (χ0n) is 8.76. The second-order valence-electron chi connectivity index (χ2n) is 3.49. The molecule has 0 aliphatic carbocycles. The van der Waals surface area contributed by atoms with E-state index >= 15 is 0 Å². The molecule has 17 heavy (non-hydrogen) atoms. The van der Waals surface area contributed by atoms with Gasteiger partial charge in [-0.2, -0.15) is 0 Å². The minimum Gasteiger partial charge on any atom is -0.370 e. The fraction of sp³-hybridized carbons (Fsp3) is 0.300. The molecule has 1 aromatic carbocycles. The molecule has 1 aromatic rings. The molecule has 1 heterocycles. The minimum atomic E-state index is -0.472. The molecule has 0 radical (unpaired) electrons. The minimum absolute atomic E-state index is 0.0247. The molecule has 0 aromatic heterocycles. The molecule has 2 rings (SSSR count). The Hall–Kier alpha value is -1.22. The molecular formula is C10H9IN2O4. The zero-order chi connectivity index (χ0) is 12.4. The van der Waals surface area contributed by atoms with Gasteiger partial charge in [0, 0.05) is 16.2 Å². The van der Waals surface area contributed by atoms with Gasteiger partial charge in [0.25, 0.3) is 11.6 Å². The van der Waals surface area contributed by atoms with Gasteiger partial charge in [0.1, 0.15) is 12.3 Å². The summed E-state index contributed by atoms with van der Waals surface area (Å²) in [6.07, 6.45) is 0. The van der Waals surface area contributed by atoms with Crippen LogP contribution in [0.25, 0.3) is 0 Å². The highest BCUT2D eigenvalue weighted by molar-refractivity contribution is 14.1. The molecule has 0 bridgehead atoms. The number of nitrogens with zero attached hydrogens (tertiary/aromatic N) is 2. The number of rotatable bonds is 2. The van der Waals surface area contributed by atoms with E-state index in [4.69, 9.17) is 4.74 Å². The van der Waals surface area contributed by atoms with Crippen LogP contribution in [0.15, 0.2) is 18.2 Å². The van der Waals surface area contributed by atoms with Crippen LogP contribution in [0.5, 0.6) is 0 Å². The molecule has 1 fully saturated rings. The van der Waals surface area contributed by atoms with Crippen molar-refractivity contribution < 1.29 is 14.5 Å². The highest BCUT2D eigenvalue weighted by atomic mass is 127. The number of carbonyl (C=O) groups excluding carboxylic acids is 1. The molecule has 1 amide bonds. The number of hydrogen-bond acceptors (Lipinski definition) is 4. The zero-order valence-corrected chi connectivity index (χ0v) is 10.9. The van der Waals surface area contributed by atoms with E-state index in [1.165, 1.54) is 11.0 Å². The summed E-state index contributed by atoms with van der Waals surface area (Å²) in [5.74, 6) is -0.249. The number of morpholine rings is 1. The van der Waals surface area contributed by atoms with Crippen LogP contribution in [-0.4, -0.2) is 30.6 Å². The molecule has 0 atom stereocenters. The van der Waals surface area contributed by atoms with Crippen molar-refractivity contribution >= 4 is 39.9 Å². The summed E-state index contributed by atoms with van der Waals surface area (Å²) >= 11 is 2.00. The van der Waals surface area contributed by atoms with Crippen molar-refractivity contribution in [1.29, 1.82) is 0 Å². The molecular weight excluding hydrogens is 339 g/mol. The maximum Gasteiger partial charge on any atom is 0.294 e. The van der Waals surface area contributed by atoms with Crippen molar-refractivity contribution in [1.82, 2.24) is 0 Å². The lowest BCUT2D eigenvalue weighted by Crippen LogP contribution is -2.41. The summed E-state index contributed by atoms with van der Waals surface area (Å²) in [4.78, 5) is 23.5. The van der Waals surface area contributed by atoms with Gasteiger partial charge in [0.2, 0.25) is 0 Å².